The van der Waals surface area contributed by atoms with Gasteiger partial charge in [-0.3, -0.25) is 0 Å². The lowest BCUT2D eigenvalue weighted by Crippen LogP contribution is -2.37. The molecule has 82 valence electrons. The summed E-state index contributed by atoms with van der Waals surface area (Å²) in [7, 11) is 2.22. The highest BCUT2D eigenvalue weighted by atomic mass is 79.9. The first kappa shape index (κ1) is 11.0. The molecular formula is C13H18BrN. The summed E-state index contributed by atoms with van der Waals surface area (Å²) in [6.45, 7) is 2.21. The van der Waals surface area contributed by atoms with Gasteiger partial charge in [0.2, 0.25) is 0 Å². The average molecular weight is 268 g/mol. The van der Waals surface area contributed by atoms with E-state index in [1.54, 1.807) is 0 Å². The predicted molar refractivity (Wildman–Crippen MR) is 69.9 cm³/mol. The minimum absolute atomic E-state index is 0.776. The SMILES string of the molecule is Cc1cc(CBr)ccc1N(C)C1CCC1. The van der Waals surface area contributed by atoms with Crippen LogP contribution in [0.5, 0.6) is 0 Å². The normalized spacial score (nSPS) is 16.2. The van der Waals surface area contributed by atoms with Crippen molar-refractivity contribution < 1.29 is 0 Å². The smallest absolute Gasteiger partial charge is 0.0396 e. The molecule has 1 fully saturated rings. The highest BCUT2D eigenvalue weighted by Crippen LogP contribution is 2.30. The molecule has 0 radical (unpaired) electrons. The van der Waals surface area contributed by atoms with Crippen molar-refractivity contribution in [3.63, 3.8) is 0 Å². The predicted octanol–water partition coefficient (Wildman–Crippen LogP) is 3.88. The second kappa shape index (κ2) is 4.56. The van der Waals surface area contributed by atoms with E-state index in [1.165, 1.54) is 36.1 Å². The summed E-state index contributed by atoms with van der Waals surface area (Å²) in [5, 5.41) is 0.946. The Kier molecular flexibility index (Phi) is 3.35. The zero-order valence-corrected chi connectivity index (χ0v) is 11.0. The molecule has 1 aliphatic carbocycles. The Balaban J connectivity index is 2.19. The molecule has 1 saturated carbocycles. The summed E-state index contributed by atoms with van der Waals surface area (Å²) in [5.41, 5.74) is 4.14. The highest BCUT2D eigenvalue weighted by Gasteiger charge is 2.22. The van der Waals surface area contributed by atoms with Crippen LogP contribution in [-0.4, -0.2) is 13.1 Å². The number of rotatable bonds is 3. The van der Waals surface area contributed by atoms with Crippen molar-refractivity contribution in [2.45, 2.75) is 37.6 Å². The Morgan fingerprint density at radius 2 is 2.13 bits per heavy atom. The second-order valence-corrected chi connectivity index (χ2v) is 5.01. The van der Waals surface area contributed by atoms with Crippen LogP contribution in [0.3, 0.4) is 0 Å². The van der Waals surface area contributed by atoms with Crippen LogP contribution in [0.4, 0.5) is 5.69 Å². The molecule has 0 unspecified atom stereocenters. The van der Waals surface area contributed by atoms with Crippen molar-refractivity contribution in [1.29, 1.82) is 0 Å². The Labute approximate surface area is 101 Å². The van der Waals surface area contributed by atoms with E-state index in [-0.39, 0.29) is 0 Å². The van der Waals surface area contributed by atoms with E-state index < -0.39 is 0 Å². The van der Waals surface area contributed by atoms with Crippen LogP contribution in [0.15, 0.2) is 18.2 Å². The van der Waals surface area contributed by atoms with Gasteiger partial charge in [0.05, 0.1) is 0 Å². The molecule has 2 heteroatoms. The molecule has 2 rings (SSSR count). The molecule has 0 aromatic heterocycles. The Morgan fingerprint density at radius 1 is 1.40 bits per heavy atom. The summed E-state index contributed by atoms with van der Waals surface area (Å²) in [5.74, 6) is 0. The van der Waals surface area contributed by atoms with Crippen LogP contribution in [0, 0.1) is 6.92 Å². The molecular weight excluding hydrogens is 250 g/mol. The minimum atomic E-state index is 0.776. The Morgan fingerprint density at radius 3 is 2.60 bits per heavy atom. The number of benzene rings is 1. The summed E-state index contributed by atoms with van der Waals surface area (Å²) in [6.07, 6.45) is 4.11. The lowest BCUT2D eigenvalue weighted by atomic mass is 9.91. The van der Waals surface area contributed by atoms with Gasteiger partial charge in [0.1, 0.15) is 0 Å². The molecule has 1 aliphatic rings. The molecule has 15 heavy (non-hydrogen) atoms. The quantitative estimate of drug-likeness (QED) is 0.752. The summed E-state index contributed by atoms with van der Waals surface area (Å²) >= 11 is 3.49. The summed E-state index contributed by atoms with van der Waals surface area (Å²) < 4.78 is 0. The number of hydrogen-bond donors (Lipinski definition) is 0. The van der Waals surface area contributed by atoms with E-state index in [0.29, 0.717) is 0 Å². The Hall–Kier alpha value is -0.500. The van der Waals surface area contributed by atoms with E-state index in [4.69, 9.17) is 0 Å². The molecule has 1 aromatic rings. The number of alkyl halides is 1. The third-order valence-electron chi connectivity index (χ3n) is 3.42. The van der Waals surface area contributed by atoms with Crippen molar-refractivity contribution in [3.05, 3.63) is 29.3 Å². The number of hydrogen-bond acceptors (Lipinski definition) is 1. The monoisotopic (exact) mass is 267 g/mol. The fraction of sp³-hybridized carbons (Fsp3) is 0.538. The van der Waals surface area contributed by atoms with Gasteiger partial charge < -0.3 is 4.90 Å². The van der Waals surface area contributed by atoms with E-state index in [0.717, 1.165) is 11.4 Å². The topological polar surface area (TPSA) is 3.24 Å². The van der Waals surface area contributed by atoms with Crippen LogP contribution in [0.2, 0.25) is 0 Å². The van der Waals surface area contributed by atoms with Gasteiger partial charge in [-0.1, -0.05) is 28.1 Å². The minimum Gasteiger partial charge on any atom is -0.371 e. The van der Waals surface area contributed by atoms with Crippen LogP contribution >= 0.6 is 15.9 Å². The third kappa shape index (κ3) is 2.20. The largest absolute Gasteiger partial charge is 0.371 e. The molecule has 0 saturated heterocycles. The van der Waals surface area contributed by atoms with E-state index in [1.807, 2.05) is 0 Å². The first-order valence-electron chi connectivity index (χ1n) is 5.60. The maximum absolute atomic E-state index is 3.49. The lowest BCUT2D eigenvalue weighted by Gasteiger charge is -2.37. The highest BCUT2D eigenvalue weighted by molar-refractivity contribution is 9.08. The standard InChI is InChI=1S/C13H18BrN/c1-10-8-11(9-14)6-7-13(10)15(2)12-4-3-5-12/h6-8,12H,3-5,9H2,1-2H3. The number of nitrogens with zero attached hydrogens (tertiary/aromatic N) is 1. The Bertz CT molecular complexity index is 344. The number of halogens is 1. The average Bonchev–Trinajstić information content (AvgIpc) is 2.14. The van der Waals surface area contributed by atoms with Gasteiger partial charge in [0, 0.05) is 24.1 Å². The molecule has 0 heterocycles. The summed E-state index contributed by atoms with van der Waals surface area (Å²) in [4.78, 5) is 2.44. The summed E-state index contributed by atoms with van der Waals surface area (Å²) in [6, 6.07) is 7.52. The van der Waals surface area contributed by atoms with Gasteiger partial charge >= 0.3 is 0 Å². The molecule has 0 N–H and O–H groups in total. The van der Waals surface area contributed by atoms with Crippen LogP contribution in [0.25, 0.3) is 0 Å². The van der Waals surface area contributed by atoms with E-state index in [2.05, 4.69) is 53.0 Å². The zero-order chi connectivity index (χ0) is 10.8. The molecule has 1 nitrogen and oxygen atoms in total. The molecule has 0 bridgehead atoms. The van der Waals surface area contributed by atoms with Crippen molar-refractivity contribution in [1.82, 2.24) is 0 Å². The van der Waals surface area contributed by atoms with Gasteiger partial charge in [-0.2, -0.15) is 0 Å². The van der Waals surface area contributed by atoms with Crippen LogP contribution < -0.4 is 4.90 Å². The lowest BCUT2D eigenvalue weighted by molar-refractivity contribution is 0.401. The molecule has 1 aromatic carbocycles. The van der Waals surface area contributed by atoms with Crippen molar-refractivity contribution in [2.24, 2.45) is 0 Å². The van der Waals surface area contributed by atoms with Gasteiger partial charge in [-0.25, -0.2) is 0 Å². The van der Waals surface area contributed by atoms with E-state index in [9.17, 15) is 0 Å². The van der Waals surface area contributed by atoms with Crippen LogP contribution in [-0.2, 0) is 5.33 Å². The van der Waals surface area contributed by atoms with Gasteiger partial charge in [0.25, 0.3) is 0 Å². The maximum Gasteiger partial charge on any atom is 0.0396 e. The van der Waals surface area contributed by atoms with Gasteiger partial charge in [-0.05, 0) is 43.4 Å². The fourth-order valence-corrected chi connectivity index (χ4v) is 2.52. The fourth-order valence-electron chi connectivity index (χ4n) is 2.17. The van der Waals surface area contributed by atoms with Crippen molar-refractivity contribution >= 4 is 21.6 Å². The molecule has 0 atom stereocenters. The first-order chi connectivity index (χ1) is 7.22. The molecule has 0 amide bonds. The van der Waals surface area contributed by atoms with Crippen molar-refractivity contribution in [2.75, 3.05) is 11.9 Å². The van der Waals surface area contributed by atoms with Gasteiger partial charge in [-0.15, -0.1) is 0 Å². The second-order valence-electron chi connectivity index (χ2n) is 4.45. The van der Waals surface area contributed by atoms with Gasteiger partial charge in [0.15, 0.2) is 0 Å². The first-order valence-corrected chi connectivity index (χ1v) is 6.73. The van der Waals surface area contributed by atoms with E-state index >= 15 is 0 Å². The number of anilines is 1. The molecule has 0 spiro atoms. The van der Waals surface area contributed by atoms with Crippen LogP contribution in [0.1, 0.15) is 30.4 Å². The zero-order valence-electron chi connectivity index (χ0n) is 9.46. The maximum atomic E-state index is 3.49. The molecule has 0 aliphatic heterocycles. The number of aryl methyl sites for hydroxylation is 1. The van der Waals surface area contributed by atoms with Crippen molar-refractivity contribution in [3.8, 4) is 0 Å². The third-order valence-corrected chi connectivity index (χ3v) is 4.07.